The number of allylic oxidation sites excluding steroid dienone is 2. The first-order valence-corrected chi connectivity index (χ1v) is 20.6. The van der Waals surface area contributed by atoms with E-state index in [9.17, 15) is 28.6 Å². The van der Waals surface area contributed by atoms with E-state index in [1.165, 1.54) is 0 Å². The second kappa shape index (κ2) is 16.9. The maximum absolute atomic E-state index is 13.8. The highest BCUT2D eigenvalue weighted by Crippen LogP contribution is 2.57. The number of carbonyl (C=O) groups is 2. The van der Waals surface area contributed by atoms with Crippen LogP contribution in [0.2, 0.25) is 0 Å². The molecule has 0 radical (unpaired) electrons. The lowest BCUT2D eigenvalue weighted by Crippen LogP contribution is -2.40. The number of carbonyl (C=O) groups excluding carboxylic acids is 2. The molecule has 6 rings (SSSR count). The van der Waals surface area contributed by atoms with Gasteiger partial charge in [0.1, 0.15) is 23.8 Å². The SMILES string of the molecule is Cc1cc(C2CC(C)(C)CC(C)(C)C2/C=C/[C@@H]2C[C@@H](O)CC(=O)O2)ccc1F.Cc1cc(C2CC(C)(C)CC(C)(C)C2/C=C/[C@@H]2C[C@@H](O)CC(=O)O2)ccc1F. The lowest BCUT2D eigenvalue weighted by molar-refractivity contribution is -0.157. The first-order valence-electron chi connectivity index (χ1n) is 20.6. The third kappa shape index (κ3) is 11.0. The fraction of sp³-hybridized carbons (Fsp3) is 0.625. The fourth-order valence-electron chi connectivity index (χ4n) is 11.0. The lowest BCUT2D eigenvalue weighted by atomic mass is 9.54. The Hall–Kier alpha value is -3.36. The van der Waals surface area contributed by atoms with Crippen LogP contribution in [-0.2, 0) is 19.1 Å². The first kappa shape index (κ1) is 43.8. The van der Waals surface area contributed by atoms with Crippen molar-refractivity contribution in [3.63, 3.8) is 0 Å². The fourth-order valence-corrected chi connectivity index (χ4v) is 11.0. The Balaban J connectivity index is 0.000000214. The summed E-state index contributed by atoms with van der Waals surface area (Å²) >= 11 is 0. The van der Waals surface area contributed by atoms with E-state index in [0.717, 1.165) is 36.8 Å². The molecule has 2 aliphatic carbocycles. The number of aryl methyl sites for hydroxylation is 2. The Morgan fingerprint density at radius 1 is 0.607 bits per heavy atom. The van der Waals surface area contributed by atoms with Crippen LogP contribution >= 0.6 is 0 Å². The number of esters is 2. The zero-order valence-corrected chi connectivity index (χ0v) is 35.3. The Labute approximate surface area is 334 Å². The molecular weight excluding hydrogens is 711 g/mol. The summed E-state index contributed by atoms with van der Waals surface area (Å²) in [6, 6.07) is 10.9. The largest absolute Gasteiger partial charge is 0.458 e. The molecule has 0 bridgehead atoms. The van der Waals surface area contributed by atoms with Crippen molar-refractivity contribution in [3.8, 4) is 0 Å². The van der Waals surface area contributed by atoms with Gasteiger partial charge in [-0.05, 0) is 131 Å². The maximum atomic E-state index is 13.8. The maximum Gasteiger partial charge on any atom is 0.309 e. The van der Waals surface area contributed by atoms with Gasteiger partial charge in [-0.2, -0.15) is 0 Å². The molecule has 8 heteroatoms. The average Bonchev–Trinajstić information content (AvgIpc) is 3.04. The van der Waals surface area contributed by atoms with E-state index in [2.05, 4.69) is 67.5 Å². The molecule has 4 aliphatic rings. The van der Waals surface area contributed by atoms with Crippen LogP contribution in [0, 0.1) is 59.0 Å². The topological polar surface area (TPSA) is 93.1 Å². The Kier molecular flexibility index (Phi) is 13.2. The van der Waals surface area contributed by atoms with Gasteiger partial charge < -0.3 is 19.7 Å². The molecule has 2 aromatic carbocycles. The molecule has 0 spiro atoms. The van der Waals surface area contributed by atoms with Crippen molar-refractivity contribution in [1.29, 1.82) is 0 Å². The molecule has 56 heavy (non-hydrogen) atoms. The number of aliphatic hydroxyl groups excluding tert-OH is 2. The van der Waals surface area contributed by atoms with Crippen LogP contribution in [0.3, 0.4) is 0 Å². The summed E-state index contributed by atoms with van der Waals surface area (Å²) in [5.41, 5.74) is 4.13. The van der Waals surface area contributed by atoms with Crippen molar-refractivity contribution in [1.82, 2.24) is 0 Å². The van der Waals surface area contributed by atoms with E-state index in [-0.39, 0.29) is 94.0 Å². The molecule has 308 valence electrons. The minimum absolute atomic E-state index is 0.0441. The van der Waals surface area contributed by atoms with E-state index in [0.29, 0.717) is 24.0 Å². The van der Waals surface area contributed by atoms with Crippen LogP contribution < -0.4 is 0 Å². The summed E-state index contributed by atoms with van der Waals surface area (Å²) in [5.74, 6) is -0.0313. The van der Waals surface area contributed by atoms with Crippen molar-refractivity contribution in [3.05, 3.63) is 94.6 Å². The summed E-state index contributed by atoms with van der Waals surface area (Å²) in [6.07, 6.45) is 11.5. The van der Waals surface area contributed by atoms with Crippen molar-refractivity contribution < 1.29 is 38.1 Å². The second-order valence-electron chi connectivity index (χ2n) is 20.4. The van der Waals surface area contributed by atoms with Gasteiger partial charge in [0.15, 0.2) is 0 Å². The molecular formula is C48H66F2O6. The molecule has 0 aromatic heterocycles. The van der Waals surface area contributed by atoms with Crippen LogP contribution in [-0.4, -0.2) is 46.6 Å². The van der Waals surface area contributed by atoms with E-state index < -0.39 is 12.2 Å². The molecule has 2 saturated carbocycles. The number of hydrogen-bond acceptors (Lipinski definition) is 6. The zero-order chi connectivity index (χ0) is 41.4. The molecule has 8 atom stereocenters. The van der Waals surface area contributed by atoms with Crippen molar-refractivity contribution in [2.75, 3.05) is 0 Å². The smallest absolute Gasteiger partial charge is 0.309 e. The van der Waals surface area contributed by atoms with Gasteiger partial charge in [0.05, 0.1) is 25.0 Å². The molecule has 2 heterocycles. The van der Waals surface area contributed by atoms with Gasteiger partial charge in [-0.1, -0.05) is 91.8 Å². The molecule has 4 unspecified atom stereocenters. The minimum atomic E-state index is -0.634. The van der Waals surface area contributed by atoms with Crippen LogP contribution in [0.4, 0.5) is 8.78 Å². The number of rotatable bonds is 6. The van der Waals surface area contributed by atoms with Crippen LogP contribution in [0.1, 0.15) is 141 Å². The predicted octanol–water partition coefficient (Wildman–Crippen LogP) is 10.6. The molecule has 0 amide bonds. The van der Waals surface area contributed by atoms with Crippen LogP contribution in [0.25, 0.3) is 0 Å². The molecule has 2 N–H and O–H groups in total. The highest BCUT2D eigenvalue weighted by molar-refractivity contribution is 5.71. The summed E-state index contributed by atoms with van der Waals surface area (Å²) in [5, 5.41) is 19.7. The summed E-state index contributed by atoms with van der Waals surface area (Å²) < 4.78 is 38.5. The van der Waals surface area contributed by atoms with Gasteiger partial charge in [-0.15, -0.1) is 0 Å². The van der Waals surface area contributed by atoms with E-state index in [4.69, 9.17) is 9.47 Å². The van der Waals surface area contributed by atoms with Crippen LogP contribution in [0.5, 0.6) is 0 Å². The monoisotopic (exact) mass is 776 g/mol. The highest BCUT2D eigenvalue weighted by Gasteiger charge is 2.47. The van der Waals surface area contributed by atoms with E-state index in [1.54, 1.807) is 12.1 Å². The van der Waals surface area contributed by atoms with Crippen molar-refractivity contribution in [2.45, 2.75) is 157 Å². The number of ether oxygens (including phenoxy) is 2. The van der Waals surface area contributed by atoms with Gasteiger partial charge in [0.25, 0.3) is 0 Å². The normalized spacial score (nSPS) is 32.3. The number of benzene rings is 2. The molecule has 2 aliphatic heterocycles. The molecule has 2 saturated heterocycles. The quantitative estimate of drug-likeness (QED) is 0.224. The predicted molar refractivity (Wildman–Crippen MR) is 217 cm³/mol. The standard InChI is InChI=1S/2C24H33FO3/c2*1-15-10-16(6-9-21(15)25)19-13-23(2,3)14-24(4,5)20(19)8-7-18-11-17(26)12-22(27)28-18/h2*6-10,17-20,26H,11-14H2,1-5H3/b2*8-7+/t2*17-,18-,19?,20?/m11/s1. The first-order chi connectivity index (χ1) is 25.9. The number of cyclic esters (lactones) is 2. The molecule has 6 nitrogen and oxygen atoms in total. The van der Waals surface area contributed by atoms with Crippen molar-refractivity contribution in [2.24, 2.45) is 33.5 Å². The minimum Gasteiger partial charge on any atom is -0.458 e. The van der Waals surface area contributed by atoms with Gasteiger partial charge in [-0.25, -0.2) is 8.78 Å². The molecule has 2 aromatic rings. The van der Waals surface area contributed by atoms with E-state index >= 15 is 0 Å². The summed E-state index contributed by atoms with van der Waals surface area (Å²) in [6.45, 7) is 22.0. The Morgan fingerprint density at radius 2 is 0.964 bits per heavy atom. The number of aliphatic hydroxyl groups is 2. The van der Waals surface area contributed by atoms with E-state index in [1.807, 2.05) is 50.3 Å². The highest BCUT2D eigenvalue weighted by atomic mass is 19.1. The van der Waals surface area contributed by atoms with Gasteiger partial charge >= 0.3 is 11.9 Å². The lowest BCUT2D eigenvalue weighted by Gasteiger charge is -2.50. The second-order valence-corrected chi connectivity index (χ2v) is 20.4. The summed E-state index contributed by atoms with van der Waals surface area (Å²) in [7, 11) is 0. The third-order valence-corrected chi connectivity index (χ3v) is 12.8. The number of halogens is 2. The third-order valence-electron chi connectivity index (χ3n) is 12.8. The van der Waals surface area contributed by atoms with Gasteiger partial charge in [-0.3, -0.25) is 9.59 Å². The van der Waals surface area contributed by atoms with Crippen molar-refractivity contribution >= 4 is 11.9 Å². The molecule has 4 fully saturated rings. The Morgan fingerprint density at radius 3 is 1.29 bits per heavy atom. The Bertz CT molecular complexity index is 1660. The zero-order valence-electron chi connectivity index (χ0n) is 35.3. The summed E-state index contributed by atoms with van der Waals surface area (Å²) in [4.78, 5) is 23.3. The van der Waals surface area contributed by atoms with Gasteiger partial charge in [0.2, 0.25) is 0 Å². The number of hydrogen-bond donors (Lipinski definition) is 2. The van der Waals surface area contributed by atoms with Gasteiger partial charge in [0, 0.05) is 12.8 Å². The van der Waals surface area contributed by atoms with Crippen LogP contribution in [0.15, 0.2) is 60.7 Å². The average molecular weight is 777 g/mol.